The van der Waals surface area contributed by atoms with E-state index < -0.39 is 28.5 Å². The molecule has 5 aromatic rings. The van der Waals surface area contributed by atoms with E-state index in [0.29, 0.717) is 58.4 Å². The Labute approximate surface area is 343 Å². The van der Waals surface area contributed by atoms with E-state index in [1.165, 1.54) is 14.2 Å². The third-order valence-electron chi connectivity index (χ3n) is 9.82. The number of amides is 3. The molecule has 0 radical (unpaired) electrons. The van der Waals surface area contributed by atoms with E-state index in [0.717, 1.165) is 30.0 Å². The maximum atomic E-state index is 14.5. The molecule has 1 aromatic heterocycles. The number of urea groups is 1. The number of ether oxygens (including phenoxy) is 3. The zero-order chi connectivity index (χ0) is 42.5. The van der Waals surface area contributed by atoms with Crippen LogP contribution in [0.15, 0.2) is 85.1 Å². The van der Waals surface area contributed by atoms with Gasteiger partial charge in [-0.1, -0.05) is 45.0 Å². The molecule has 6 rings (SSSR count). The van der Waals surface area contributed by atoms with E-state index in [9.17, 15) is 22.4 Å². The molecule has 312 valence electrons. The number of benzene rings is 4. The number of carbonyl (C=O) groups excluding carboxylic acids is 2. The highest BCUT2D eigenvalue weighted by atomic mass is 32.2. The molecule has 1 saturated heterocycles. The van der Waals surface area contributed by atoms with Crippen molar-refractivity contribution in [2.24, 2.45) is 0 Å². The van der Waals surface area contributed by atoms with E-state index in [2.05, 4.69) is 31.0 Å². The molecule has 2 heterocycles. The second kappa shape index (κ2) is 17.8. The SMILES string of the molecule is COc1cc(Nc2cc(Oc3ccc(NC(=O)Nc4cc(C(C)(C)C)cc(NS(C)(=O)=O)c4OC)c4ccccc34)ccn2)ccc1C(=O)NC(C)N1CCCCC1F. The van der Waals surface area contributed by atoms with Crippen molar-refractivity contribution in [2.45, 2.75) is 64.8 Å². The molecule has 14 nitrogen and oxygen atoms in total. The monoisotopic (exact) mass is 827 g/mol. The van der Waals surface area contributed by atoms with Gasteiger partial charge in [-0.05, 0) is 79.6 Å². The van der Waals surface area contributed by atoms with Gasteiger partial charge in [-0.2, -0.15) is 0 Å². The predicted molar refractivity (Wildman–Crippen MR) is 230 cm³/mol. The van der Waals surface area contributed by atoms with Crippen molar-refractivity contribution in [3.05, 3.63) is 96.2 Å². The van der Waals surface area contributed by atoms with Crippen LogP contribution < -0.4 is 40.2 Å². The Morgan fingerprint density at radius 3 is 2.31 bits per heavy atom. The minimum Gasteiger partial charge on any atom is -0.496 e. The smallest absolute Gasteiger partial charge is 0.323 e. The van der Waals surface area contributed by atoms with Gasteiger partial charge in [0.25, 0.3) is 5.91 Å². The van der Waals surface area contributed by atoms with Crippen LogP contribution in [0.1, 0.15) is 62.9 Å². The van der Waals surface area contributed by atoms with Gasteiger partial charge in [0.15, 0.2) is 12.0 Å². The summed E-state index contributed by atoms with van der Waals surface area (Å²) < 4.78 is 58.8. The van der Waals surface area contributed by atoms with Crippen LogP contribution in [0.25, 0.3) is 10.8 Å². The van der Waals surface area contributed by atoms with Crippen LogP contribution in [0.3, 0.4) is 0 Å². The number of likely N-dealkylation sites (tertiary alicyclic amines) is 1. The molecule has 0 saturated carbocycles. The minimum absolute atomic E-state index is 0.161. The number of nitrogens with zero attached hydrogens (tertiary/aromatic N) is 2. The van der Waals surface area contributed by atoms with Crippen molar-refractivity contribution < 1.29 is 36.6 Å². The standard InChI is InChI=1S/C43H50FN7O7S/c1-26(51-21-11-10-14-38(51)44)46-41(52)32-16-15-28(24-37(32)56-5)47-39-25-29(19-20-45-39)58-36-18-17-33(30-12-8-9-13-31(30)36)48-42(53)49-34-22-27(43(2,3)4)23-35(40(34)57-6)50-59(7,54)55/h8-9,12-13,15-20,22-26,38,50H,10-11,14,21H2,1-7H3,(H,45,47)(H,46,52)(H2,48,49,53). The van der Waals surface area contributed by atoms with Gasteiger partial charge in [0, 0.05) is 41.3 Å². The Bertz CT molecular complexity index is 2460. The fourth-order valence-electron chi connectivity index (χ4n) is 6.87. The second-order valence-corrected chi connectivity index (χ2v) is 17.0. The summed E-state index contributed by atoms with van der Waals surface area (Å²) in [4.78, 5) is 32.8. The van der Waals surface area contributed by atoms with Gasteiger partial charge in [0.2, 0.25) is 10.0 Å². The topological polar surface area (TPSA) is 172 Å². The third-order valence-corrected chi connectivity index (χ3v) is 10.4. The number of carbonyl (C=O) groups is 2. The highest BCUT2D eigenvalue weighted by Crippen LogP contribution is 2.40. The summed E-state index contributed by atoms with van der Waals surface area (Å²) in [6.07, 6.45) is 3.24. The number of aromatic nitrogens is 1. The number of halogens is 1. The van der Waals surface area contributed by atoms with E-state index in [1.807, 2.05) is 45.0 Å². The van der Waals surface area contributed by atoms with E-state index in [-0.39, 0.29) is 28.4 Å². The van der Waals surface area contributed by atoms with Gasteiger partial charge < -0.3 is 35.5 Å². The number of alkyl halides is 1. The van der Waals surface area contributed by atoms with Gasteiger partial charge in [0.05, 0.1) is 49.3 Å². The lowest BCUT2D eigenvalue weighted by atomic mass is 9.86. The Morgan fingerprint density at radius 2 is 1.61 bits per heavy atom. The third kappa shape index (κ3) is 10.5. The Morgan fingerprint density at radius 1 is 0.881 bits per heavy atom. The molecule has 3 amide bonds. The number of hydrogen-bond acceptors (Lipinski definition) is 10. The van der Waals surface area contributed by atoms with Crippen molar-refractivity contribution in [1.29, 1.82) is 0 Å². The molecule has 0 bridgehead atoms. The normalized spacial score (nSPS) is 15.2. The Kier molecular flexibility index (Phi) is 12.8. The van der Waals surface area contributed by atoms with Gasteiger partial charge >= 0.3 is 6.03 Å². The van der Waals surface area contributed by atoms with Crippen LogP contribution in [0.5, 0.6) is 23.0 Å². The molecule has 1 aliphatic heterocycles. The van der Waals surface area contributed by atoms with Gasteiger partial charge in [-0.3, -0.25) is 14.4 Å². The summed E-state index contributed by atoms with van der Waals surface area (Å²) in [7, 11) is -0.774. The van der Waals surface area contributed by atoms with Crippen molar-refractivity contribution in [3.8, 4) is 23.0 Å². The van der Waals surface area contributed by atoms with Crippen LogP contribution in [-0.4, -0.2) is 69.7 Å². The lowest BCUT2D eigenvalue weighted by Crippen LogP contribution is -2.51. The van der Waals surface area contributed by atoms with Crippen molar-refractivity contribution >= 4 is 61.3 Å². The van der Waals surface area contributed by atoms with E-state index >= 15 is 0 Å². The molecule has 4 aromatic carbocycles. The molecule has 2 unspecified atom stereocenters. The first-order valence-electron chi connectivity index (χ1n) is 19.1. The summed E-state index contributed by atoms with van der Waals surface area (Å²) >= 11 is 0. The lowest BCUT2D eigenvalue weighted by molar-refractivity contribution is 0.00579. The van der Waals surface area contributed by atoms with Crippen LogP contribution in [0, 0.1) is 0 Å². The predicted octanol–water partition coefficient (Wildman–Crippen LogP) is 8.96. The molecule has 59 heavy (non-hydrogen) atoms. The van der Waals surface area contributed by atoms with Gasteiger partial charge in [0.1, 0.15) is 23.1 Å². The number of rotatable bonds is 13. The second-order valence-electron chi connectivity index (χ2n) is 15.3. The fourth-order valence-corrected chi connectivity index (χ4v) is 7.42. The molecular formula is C43H50FN7O7S. The number of pyridine rings is 1. The number of methoxy groups -OCH3 is 2. The van der Waals surface area contributed by atoms with Crippen LogP contribution >= 0.6 is 0 Å². The quantitative estimate of drug-likeness (QED) is 0.0722. The number of anilines is 5. The van der Waals surface area contributed by atoms with Crippen LogP contribution in [0.4, 0.5) is 37.8 Å². The van der Waals surface area contributed by atoms with Gasteiger partial charge in [-0.25, -0.2) is 22.6 Å². The van der Waals surface area contributed by atoms with Crippen LogP contribution in [-0.2, 0) is 15.4 Å². The number of sulfonamides is 1. The average Bonchev–Trinajstić information content (AvgIpc) is 3.18. The number of nitrogens with one attached hydrogen (secondary N) is 5. The highest BCUT2D eigenvalue weighted by molar-refractivity contribution is 7.92. The molecule has 0 aliphatic carbocycles. The zero-order valence-corrected chi connectivity index (χ0v) is 34.9. The van der Waals surface area contributed by atoms with Crippen molar-refractivity contribution in [1.82, 2.24) is 15.2 Å². The highest BCUT2D eigenvalue weighted by Gasteiger charge is 2.28. The van der Waals surface area contributed by atoms with Crippen LogP contribution in [0.2, 0.25) is 0 Å². The molecule has 0 spiro atoms. The summed E-state index contributed by atoms with van der Waals surface area (Å²) in [6, 6.07) is 22.3. The maximum absolute atomic E-state index is 14.5. The summed E-state index contributed by atoms with van der Waals surface area (Å²) in [5, 5.41) is 13.3. The minimum atomic E-state index is -3.65. The molecule has 1 aliphatic rings. The average molecular weight is 828 g/mol. The molecule has 16 heteroatoms. The largest absolute Gasteiger partial charge is 0.496 e. The summed E-state index contributed by atoms with van der Waals surface area (Å²) in [5.74, 6) is 1.60. The maximum Gasteiger partial charge on any atom is 0.323 e. The Balaban J connectivity index is 1.17. The Hall–Kier alpha value is -6.13. The van der Waals surface area contributed by atoms with Gasteiger partial charge in [-0.15, -0.1) is 0 Å². The molecule has 5 N–H and O–H groups in total. The number of hydrogen-bond donors (Lipinski definition) is 5. The fraction of sp³-hybridized carbons (Fsp3) is 0.326. The molecule has 2 atom stereocenters. The zero-order valence-electron chi connectivity index (χ0n) is 34.1. The molecule has 1 fully saturated rings. The van der Waals surface area contributed by atoms with Crippen molar-refractivity contribution in [3.63, 3.8) is 0 Å². The van der Waals surface area contributed by atoms with E-state index in [1.54, 1.807) is 72.6 Å². The number of piperidine rings is 1. The summed E-state index contributed by atoms with van der Waals surface area (Å²) in [5.41, 5.74) is 2.31. The first-order valence-corrected chi connectivity index (χ1v) is 21.0. The first kappa shape index (κ1) is 42.5. The molecular weight excluding hydrogens is 778 g/mol. The lowest BCUT2D eigenvalue weighted by Gasteiger charge is -2.35. The first-order chi connectivity index (χ1) is 28.0. The summed E-state index contributed by atoms with van der Waals surface area (Å²) in [6.45, 7) is 8.29. The number of fused-ring (bicyclic) bond motifs is 1. The van der Waals surface area contributed by atoms with Crippen molar-refractivity contribution in [2.75, 3.05) is 47.7 Å². The van der Waals surface area contributed by atoms with E-state index in [4.69, 9.17) is 14.2 Å².